The number of benzene rings is 1. The summed E-state index contributed by atoms with van der Waals surface area (Å²) >= 11 is 0. The van der Waals surface area contributed by atoms with Gasteiger partial charge in [-0.05, 0) is 24.8 Å². The van der Waals surface area contributed by atoms with Gasteiger partial charge in [0.25, 0.3) is 0 Å². The fourth-order valence-corrected chi connectivity index (χ4v) is 4.86. The van der Waals surface area contributed by atoms with E-state index < -0.39 is 23.4 Å². The first-order valence-electron chi connectivity index (χ1n) is 8.28. The van der Waals surface area contributed by atoms with E-state index >= 15 is 0 Å². The summed E-state index contributed by atoms with van der Waals surface area (Å²) in [6.07, 6.45) is 1.45. The van der Waals surface area contributed by atoms with Crippen molar-refractivity contribution in [1.82, 2.24) is 5.32 Å². The van der Waals surface area contributed by atoms with Crippen LogP contribution in [0.25, 0.3) is 0 Å². The van der Waals surface area contributed by atoms with Crippen LogP contribution >= 0.6 is 0 Å². The Morgan fingerprint density at radius 1 is 1.25 bits per heavy atom. The summed E-state index contributed by atoms with van der Waals surface area (Å²) in [7, 11) is 2.84. The van der Waals surface area contributed by atoms with Gasteiger partial charge in [-0.3, -0.25) is 4.79 Å². The van der Waals surface area contributed by atoms with Crippen molar-refractivity contribution < 1.29 is 24.5 Å². The molecule has 1 saturated heterocycles. The molecule has 1 aliphatic carbocycles. The third-order valence-corrected chi connectivity index (χ3v) is 5.81. The van der Waals surface area contributed by atoms with E-state index in [0.717, 1.165) is 12.0 Å². The van der Waals surface area contributed by atoms with E-state index in [1.807, 2.05) is 30.3 Å². The number of ether oxygens (including phenoxy) is 2. The van der Waals surface area contributed by atoms with Gasteiger partial charge < -0.3 is 25.0 Å². The predicted molar refractivity (Wildman–Crippen MR) is 87.3 cm³/mol. The first kappa shape index (κ1) is 17.4. The first-order chi connectivity index (χ1) is 11.5. The minimum absolute atomic E-state index is 0.183. The Labute approximate surface area is 141 Å². The summed E-state index contributed by atoms with van der Waals surface area (Å²) in [5.41, 5.74) is -1.85. The van der Waals surface area contributed by atoms with Crippen molar-refractivity contribution in [2.45, 2.75) is 36.6 Å². The number of aliphatic hydroxyl groups excluding tert-OH is 1. The average molecular weight is 335 g/mol. The van der Waals surface area contributed by atoms with E-state index in [4.69, 9.17) is 9.47 Å². The number of aliphatic hydroxyl groups is 2. The number of hydrogen-bond acceptors (Lipinski definition) is 5. The zero-order valence-electron chi connectivity index (χ0n) is 14.1. The Morgan fingerprint density at radius 3 is 2.46 bits per heavy atom. The summed E-state index contributed by atoms with van der Waals surface area (Å²) in [6, 6.07) is 9.59. The van der Waals surface area contributed by atoms with Gasteiger partial charge in [-0.1, -0.05) is 30.3 Å². The molecule has 1 aliphatic heterocycles. The average Bonchev–Trinajstić information content (AvgIpc) is 2.85. The van der Waals surface area contributed by atoms with E-state index in [-0.39, 0.29) is 18.2 Å². The largest absolute Gasteiger partial charge is 0.393 e. The molecule has 1 saturated carbocycles. The van der Waals surface area contributed by atoms with Crippen molar-refractivity contribution in [1.29, 1.82) is 0 Å². The molecule has 3 atom stereocenters. The number of nitrogens with one attached hydrogen (secondary N) is 1. The van der Waals surface area contributed by atoms with Crippen LogP contribution < -0.4 is 5.32 Å². The molecule has 2 fully saturated rings. The Morgan fingerprint density at radius 2 is 1.92 bits per heavy atom. The number of hydrogen-bond donors (Lipinski definition) is 3. The summed E-state index contributed by atoms with van der Waals surface area (Å²) in [6.45, 7) is 0.0379. The number of methoxy groups -OCH3 is 2. The van der Waals surface area contributed by atoms with Crippen molar-refractivity contribution in [3.63, 3.8) is 0 Å². The van der Waals surface area contributed by atoms with Crippen LogP contribution in [-0.2, 0) is 14.3 Å². The number of amides is 1. The standard InChI is InChI=1S/C18H25NO5/c1-23-18(24-2)16(22,12-20)11-14(13-7-4-3-5-8-13)17(18)9-6-10-19-15(17)21/h3-5,7-8,14,20,22H,6,9-12H2,1-2H3,(H,19,21)/t14-,16+,17+/m1/s1. The van der Waals surface area contributed by atoms with Gasteiger partial charge in [-0.25, -0.2) is 0 Å². The fourth-order valence-electron chi connectivity index (χ4n) is 4.86. The van der Waals surface area contributed by atoms with Crippen LogP contribution in [0, 0.1) is 5.41 Å². The highest BCUT2D eigenvalue weighted by Crippen LogP contribution is 2.64. The lowest BCUT2D eigenvalue weighted by atomic mass is 9.65. The third kappa shape index (κ3) is 2.00. The van der Waals surface area contributed by atoms with Crippen molar-refractivity contribution in [3.05, 3.63) is 35.9 Å². The second kappa shape index (κ2) is 6.11. The molecule has 0 bridgehead atoms. The molecule has 0 unspecified atom stereocenters. The summed E-state index contributed by atoms with van der Waals surface area (Å²) in [5.74, 6) is -2.13. The number of rotatable bonds is 4. The second-order valence-corrected chi connectivity index (χ2v) is 6.71. The van der Waals surface area contributed by atoms with Gasteiger partial charge in [-0.15, -0.1) is 0 Å². The highest BCUT2D eigenvalue weighted by Gasteiger charge is 2.76. The van der Waals surface area contributed by atoms with Gasteiger partial charge in [0.05, 0.1) is 6.61 Å². The molecule has 1 spiro atoms. The monoisotopic (exact) mass is 335 g/mol. The topological polar surface area (TPSA) is 88.0 Å². The lowest BCUT2D eigenvalue weighted by Gasteiger charge is -2.50. The SMILES string of the molecule is COC1(OC)[C@@](O)(CO)C[C@H](c2ccccc2)[C@]12CCCNC2=O. The Kier molecular flexibility index (Phi) is 4.42. The molecule has 3 N–H and O–H groups in total. The molecule has 1 aromatic rings. The number of piperidine rings is 1. The first-order valence-corrected chi connectivity index (χ1v) is 8.28. The number of carbonyl (C=O) groups excluding carboxylic acids is 1. The molecule has 1 aromatic carbocycles. The molecule has 24 heavy (non-hydrogen) atoms. The van der Waals surface area contributed by atoms with Crippen LogP contribution in [0.5, 0.6) is 0 Å². The maximum Gasteiger partial charge on any atom is 0.232 e. The zero-order chi connectivity index (χ0) is 17.4. The molecule has 6 nitrogen and oxygen atoms in total. The van der Waals surface area contributed by atoms with E-state index in [1.165, 1.54) is 14.2 Å². The minimum Gasteiger partial charge on any atom is -0.393 e. The van der Waals surface area contributed by atoms with E-state index in [2.05, 4.69) is 5.32 Å². The normalized spacial score (nSPS) is 35.2. The molecule has 0 aromatic heterocycles. The van der Waals surface area contributed by atoms with Gasteiger partial charge in [0.15, 0.2) is 0 Å². The molecule has 3 rings (SSSR count). The second-order valence-electron chi connectivity index (χ2n) is 6.71. The van der Waals surface area contributed by atoms with Crippen LogP contribution in [0.2, 0.25) is 0 Å². The van der Waals surface area contributed by atoms with Crippen LogP contribution in [0.15, 0.2) is 30.3 Å². The van der Waals surface area contributed by atoms with Crippen LogP contribution in [0.1, 0.15) is 30.7 Å². The maximum absolute atomic E-state index is 13.1. The molecule has 2 aliphatic rings. The fraction of sp³-hybridized carbons (Fsp3) is 0.611. The molecular weight excluding hydrogens is 310 g/mol. The van der Waals surface area contributed by atoms with Gasteiger partial charge in [0.1, 0.15) is 11.0 Å². The van der Waals surface area contributed by atoms with Gasteiger partial charge >= 0.3 is 0 Å². The molecular formula is C18H25NO5. The highest BCUT2D eigenvalue weighted by atomic mass is 16.7. The summed E-state index contributed by atoms with van der Waals surface area (Å²) in [4.78, 5) is 13.1. The van der Waals surface area contributed by atoms with Crippen molar-refractivity contribution in [3.8, 4) is 0 Å². The van der Waals surface area contributed by atoms with Crippen LogP contribution in [-0.4, -0.2) is 54.9 Å². The Balaban J connectivity index is 2.24. The van der Waals surface area contributed by atoms with E-state index in [1.54, 1.807) is 0 Å². The Bertz CT molecular complexity index is 603. The molecule has 132 valence electrons. The predicted octanol–water partition coefficient (Wildman–Crippen LogP) is 0.783. The van der Waals surface area contributed by atoms with Crippen LogP contribution in [0.3, 0.4) is 0 Å². The minimum atomic E-state index is -1.67. The maximum atomic E-state index is 13.1. The molecule has 1 amide bonds. The van der Waals surface area contributed by atoms with Crippen molar-refractivity contribution in [2.75, 3.05) is 27.4 Å². The van der Waals surface area contributed by atoms with Gasteiger partial charge in [0.2, 0.25) is 11.7 Å². The number of carbonyl (C=O) groups is 1. The lowest BCUT2D eigenvalue weighted by molar-refractivity contribution is -0.332. The molecule has 1 heterocycles. The smallest absolute Gasteiger partial charge is 0.232 e. The highest BCUT2D eigenvalue weighted by molar-refractivity contribution is 5.87. The van der Waals surface area contributed by atoms with E-state index in [9.17, 15) is 15.0 Å². The van der Waals surface area contributed by atoms with Crippen molar-refractivity contribution >= 4 is 5.91 Å². The van der Waals surface area contributed by atoms with Gasteiger partial charge in [0, 0.05) is 26.7 Å². The van der Waals surface area contributed by atoms with Crippen LogP contribution in [0.4, 0.5) is 0 Å². The molecule has 6 heteroatoms. The Hall–Kier alpha value is -1.47. The quantitative estimate of drug-likeness (QED) is 0.708. The van der Waals surface area contributed by atoms with Crippen molar-refractivity contribution in [2.24, 2.45) is 5.41 Å². The van der Waals surface area contributed by atoms with E-state index in [0.29, 0.717) is 13.0 Å². The van der Waals surface area contributed by atoms with Gasteiger partial charge in [-0.2, -0.15) is 0 Å². The third-order valence-electron chi connectivity index (χ3n) is 5.81. The summed E-state index contributed by atoms with van der Waals surface area (Å²) in [5, 5.41) is 24.1. The zero-order valence-corrected chi connectivity index (χ0v) is 14.1. The molecule has 0 radical (unpaired) electrons. The lowest BCUT2D eigenvalue weighted by Crippen LogP contribution is -2.68. The summed E-state index contributed by atoms with van der Waals surface area (Å²) < 4.78 is 11.4.